The van der Waals surface area contributed by atoms with Crippen molar-refractivity contribution in [3.05, 3.63) is 5.21 Å². The average molecular weight is 129 g/mol. The zero-order chi connectivity index (χ0) is 6.69. The number of hydrogen-bond donors (Lipinski definition) is 1. The van der Waals surface area contributed by atoms with E-state index in [2.05, 4.69) is 0 Å². The fourth-order valence-corrected chi connectivity index (χ4v) is 1.09. The van der Waals surface area contributed by atoms with E-state index in [9.17, 15) is 5.21 Å². The minimum atomic E-state index is 0.0509. The lowest BCUT2D eigenvalue weighted by Crippen LogP contribution is -2.17. The largest absolute Gasteiger partial charge is 0.624 e. The first-order valence-corrected chi connectivity index (χ1v) is 3.24. The van der Waals surface area contributed by atoms with Crippen LogP contribution in [0.15, 0.2) is 0 Å². The Kier molecular flexibility index (Phi) is 2.05. The smallest absolute Gasteiger partial charge is 0.165 e. The highest BCUT2D eigenvalue weighted by molar-refractivity contribution is 5.52. The van der Waals surface area contributed by atoms with Gasteiger partial charge in [-0.3, -0.25) is 0 Å². The summed E-state index contributed by atoms with van der Waals surface area (Å²) in [5.74, 6) is 0. The molecular formula is C6H11NO2. The Labute approximate surface area is 54.2 Å². The van der Waals surface area contributed by atoms with Crippen LogP contribution in [0.1, 0.15) is 19.3 Å². The number of hydrogen-bond acceptors (Lipinski definition) is 2. The Morgan fingerprint density at radius 1 is 1.78 bits per heavy atom. The molecule has 0 aliphatic carbocycles. The highest BCUT2D eigenvalue weighted by Crippen LogP contribution is 2.09. The van der Waals surface area contributed by atoms with Crippen LogP contribution in [0.3, 0.4) is 0 Å². The van der Waals surface area contributed by atoms with Crippen LogP contribution in [0.5, 0.6) is 0 Å². The van der Waals surface area contributed by atoms with Gasteiger partial charge in [-0.1, -0.05) is 0 Å². The molecule has 3 heteroatoms. The van der Waals surface area contributed by atoms with Crippen molar-refractivity contribution in [2.45, 2.75) is 25.3 Å². The predicted molar refractivity (Wildman–Crippen MR) is 34.4 cm³/mol. The normalized spacial score (nSPS) is 26.3. The van der Waals surface area contributed by atoms with Crippen molar-refractivity contribution < 1.29 is 9.85 Å². The first kappa shape index (κ1) is 6.55. The van der Waals surface area contributed by atoms with Crippen molar-refractivity contribution in [1.29, 1.82) is 0 Å². The van der Waals surface area contributed by atoms with Crippen LogP contribution in [-0.2, 0) is 0 Å². The summed E-state index contributed by atoms with van der Waals surface area (Å²) in [5, 5.41) is 19.2. The maximum absolute atomic E-state index is 10.7. The van der Waals surface area contributed by atoms with Gasteiger partial charge < -0.3 is 10.3 Å². The molecule has 1 aliphatic heterocycles. The summed E-state index contributed by atoms with van der Waals surface area (Å²) in [6.45, 7) is 0.122. The standard InChI is InChI=1S/C6H11NO2/c8-5-3-6-2-1-4-7(6)9/h4,6,8H,1-3,5H2. The molecule has 3 nitrogen and oxygen atoms in total. The summed E-state index contributed by atoms with van der Waals surface area (Å²) < 4.78 is 0.955. The van der Waals surface area contributed by atoms with Gasteiger partial charge in [0.25, 0.3) is 0 Å². The van der Waals surface area contributed by atoms with E-state index in [1.807, 2.05) is 0 Å². The number of hydroxylamine groups is 1. The first-order valence-electron chi connectivity index (χ1n) is 3.24. The monoisotopic (exact) mass is 129 g/mol. The van der Waals surface area contributed by atoms with Crippen molar-refractivity contribution in [2.24, 2.45) is 0 Å². The zero-order valence-corrected chi connectivity index (χ0v) is 5.29. The highest BCUT2D eigenvalue weighted by Gasteiger charge is 2.19. The summed E-state index contributed by atoms with van der Waals surface area (Å²) in [4.78, 5) is 0. The van der Waals surface area contributed by atoms with E-state index in [0.29, 0.717) is 6.42 Å². The second kappa shape index (κ2) is 2.82. The van der Waals surface area contributed by atoms with Gasteiger partial charge in [0.15, 0.2) is 12.3 Å². The van der Waals surface area contributed by atoms with E-state index < -0.39 is 0 Å². The van der Waals surface area contributed by atoms with Crippen molar-refractivity contribution in [2.75, 3.05) is 6.61 Å². The number of aliphatic hydroxyl groups excluding tert-OH is 1. The van der Waals surface area contributed by atoms with E-state index >= 15 is 0 Å². The first-order chi connectivity index (χ1) is 4.34. The molecule has 0 aromatic rings. The van der Waals surface area contributed by atoms with E-state index in [-0.39, 0.29) is 12.6 Å². The predicted octanol–water partition coefficient (Wildman–Crippen LogP) is 0.112. The van der Waals surface area contributed by atoms with Gasteiger partial charge >= 0.3 is 0 Å². The Balaban J connectivity index is 2.34. The van der Waals surface area contributed by atoms with E-state index in [1.165, 1.54) is 0 Å². The molecule has 1 unspecified atom stereocenters. The third-order valence-corrected chi connectivity index (χ3v) is 1.63. The molecule has 0 aromatic heterocycles. The molecule has 0 spiro atoms. The molecule has 9 heavy (non-hydrogen) atoms. The second-order valence-electron chi connectivity index (χ2n) is 2.29. The molecule has 0 amide bonds. The Morgan fingerprint density at radius 3 is 3.00 bits per heavy atom. The molecule has 0 bridgehead atoms. The van der Waals surface area contributed by atoms with Gasteiger partial charge in [-0.15, -0.1) is 0 Å². The van der Waals surface area contributed by atoms with Gasteiger partial charge in [-0.2, -0.15) is 0 Å². The molecular weight excluding hydrogens is 118 g/mol. The summed E-state index contributed by atoms with van der Waals surface area (Å²) >= 11 is 0. The summed E-state index contributed by atoms with van der Waals surface area (Å²) in [6, 6.07) is 0.0509. The molecule has 0 saturated carbocycles. The van der Waals surface area contributed by atoms with E-state index in [0.717, 1.165) is 17.6 Å². The Hall–Kier alpha value is -0.570. The van der Waals surface area contributed by atoms with Gasteiger partial charge in [0.1, 0.15) is 0 Å². The topological polar surface area (TPSA) is 46.3 Å². The molecule has 0 aromatic carbocycles. The van der Waals surface area contributed by atoms with Gasteiger partial charge in [0.2, 0.25) is 0 Å². The molecule has 1 N–H and O–H groups in total. The molecule has 0 saturated heterocycles. The molecule has 0 radical (unpaired) electrons. The molecule has 52 valence electrons. The highest BCUT2D eigenvalue weighted by atomic mass is 16.5. The lowest BCUT2D eigenvalue weighted by atomic mass is 10.2. The van der Waals surface area contributed by atoms with Crippen LogP contribution < -0.4 is 0 Å². The molecule has 1 rings (SSSR count). The average Bonchev–Trinajstić information content (AvgIpc) is 2.18. The molecule has 1 aliphatic rings. The number of aliphatic hydroxyl groups is 1. The zero-order valence-electron chi connectivity index (χ0n) is 5.29. The lowest BCUT2D eigenvalue weighted by Gasteiger charge is -2.07. The maximum Gasteiger partial charge on any atom is 0.165 e. The Morgan fingerprint density at radius 2 is 2.56 bits per heavy atom. The van der Waals surface area contributed by atoms with Gasteiger partial charge in [0.05, 0.1) is 0 Å². The number of nitrogens with zero attached hydrogens (tertiary/aromatic N) is 1. The fraction of sp³-hybridized carbons (Fsp3) is 0.833. The van der Waals surface area contributed by atoms with E-state index in [4.69, 9.17) is 5.11 Å². The van der Waals surface area contributed by atoms with Crippen LogP contribution in [0, 0.1) is 5.21 Å². The quantitative estimate of drug-likeness (QED) is 0.425. The summed E-state index contributed by atoms with van der Waals surface area (Å²) in [7, 11) is 0. The third-order valence-electron chi connectivity index (χ3n) is 1.63. The van der Waals surface area contributed by atoms with Crippen LogP contribution in [-0.4, -0.2) is 28.7 Å². The van der Waals surface area contributed by atoms with Gasteiger partial charge in [-0.05, 0) is 0 Å². The van der Waals surface area contributed by atoms with E-state index in [1.54, 1.807) is 6.21 Å². The molecule has 1 atom stereocenters. The lowest BCUT2D eigenvalue weighted by molar-refractivity contribution is -0.489. The molecule has 0 fully saturated rings. The molecule has 1 heterocycles. The summed E-state index contributed by atoms with van der Waals surface area (Å²) in [6.07, 6.45) is 4.03. The van der Waals surface area contributed by atoms with Crippen molar-refractivity contribution in [1.82, 2.24) is 0 Å². The number of rotatable bonds is 2. The van der Waals surface area contributed by atoms with Crippen LogP contribution in [0.4, 0.5) is 0 Å². The third kappa shape index (κ3) is 1.42. The Bertz CT molecular complexity index is 122. The SMILES string of the molecule is [O-][N+]1=CCCC1CCO. The van der Waals surface area contributed by atoms with Gasteiger partial charge in [-0.25, -0.2) is 4.74 Å². The van der Waals surface area contributed by atoms with Crippen molar-refractivity contribution in [3.63, 3.8) is 0 Å². The fourth-order valence-electron chi connectivity index (χ4n) is 1.09. The van der Waals surface area contributed by atoms with Crippen molar-refractivity contribution in [3.8, 4) is 0 Å². The maximum atomic E-state index is 10.7. The van der Waals surface area contributed by atoms with Crippen LogP contribution in [0.2, 0.25) is 0 Å². The minimum absolute atomic E-state index is 0.0509. The van der Waals surface area contributed by atoms with Crippen LogP contribution in [0.25, 0.3) is 0 Å². The van der Waals surface area contributed by atoms with Crippen molar-refractivity contribution >= 4 is 6.21 Å². The van der Waals surface area contributed by atoms with Gasteiger partial charge in [0, 0.05) is 25.9 Å². The van der Waals surface area contributed by atoms with Crippen LogP contribution >= 0.6 is 0 Å². The summed E-state index contributed by atoms with van der Waals surface area (Å²) in [5.41, 5.74) is 0. The second-order valence-corrected chi connectivity index (χ2v) is 2.29. The minimum Gasteiger partial charge on any atom is -0.624 e.